The van der Waals surface area contributed by atoms with Crippen molar-refractivity contribution in [3.05, 3.63) is 59.7 Å². The monoisotopic (exact) mass is 361 g/mol. The summed E-state index contributed by atoms with van der Waals surface area (Å²) in [7, 11) is -1.57. The van der Waals surface area contributed by atoms with Crippen LogP contribution in [0.1, 0.15) is 18.1 Å². The summed E-state index contributed by atoms with van der Waals surface area (Å²) in [5.74, 6) is 0. The Labute approximate surface area is 150 Å². The third-order valence-corrected chi connectivity index (χ3v) is 3.52. The minimum absolute atomic E-state index is 0. The molecule has 2 rings (SSSR count). The first-order valence-corrected chi connectivity index (χ1v) is 9.47. The van der Waals surface area contributed by atoms with Gasteiger partial charge in [-0.25, -0.2) is 6.08 Å². The molecule has 0 aliphatic heterocycles. The third kappa shape index (κ3) is 6.75. The van der Waals surface area contributed by atoms with E-state index in [2.05, 4.69) is 62.1 Å². The topological polar surface area (TPSA) is 9.23 Å². The van der Waals surface area contributed by atoms with Gasteiger partial charge in [-0.3, -0.25) is 6.08 Å². The van der Waals surface area contributed by atoms with Crippen LogP contribution in [0.2, 0.25) is 19.6 Å². The molecule has 0 aromatic heterocycles. The van der Waals surface area contributed by atoms with Crippen molar-refractivity contribution in [2.24, 2.45) is 0 Å². The third-order valence-electron chi connectivity index (χ3n) is 2.58. The molecule has 0 heterocycles. The van der Waals surface area contributed by atoms with Gasteiger partial charge in [-0.05, 0) is 25.2 Å². The van der Waals surface area contributed by atoms with Crippen molar-refractivity contribution < 1.29 is 51.0 Å². The van der Waals surface area contributed by atoms with Crippen molar-refractivity contribution in [2.45, 2.75) is 32.2 Å². The summed E-state index contributed by atoms with van der Waals surface area (Å²) < 4.78 is 6.30. The molecule has 5 heteroatoms. The summed E-state index contributed by atoms with van der Waals surface area (Å²) in [5, 5.41) is 0. The maximum absolute atomic E-state index is 6.30. The predicted molar refractivity (Wildman–Crippen MR) is 74.1 cm³/mol. The van der Waals surface area contributed by atoms with Crippen molar-refractivity contribution in [1.82, 2.24) is 0 Å². The Balaban J connectivity index is 0. The Kier molecular flexibility index (Phi) is 11.2. The summed E-state index contributed by atoms with van der Waals surface area (Å²) in [4.78, 5) is 0. The molecule has 1 aliphatic rings. The Morgan fingerprint density at radius 1 is 1.10 bits per heavy atom. The van der Waals surface area contributed by atoms with Gasteiger partial charge in [0, 0.05) is 0 Å². The summed E-state index contributed by atoms with van der Waals surface area (Å²) in [5.41, 5.74) is 2.41. The summed E-state index contributed by atoms with van der Waals surface area (Å²) in [6.45, 7) is 6.67. The van der Waals surface area contributed by atoms with Crippen LogP contribution in [0.4, 0.5) is 0 Å². The molecule has 0 fully saturated rings. The van der Waals surface area contributed by atoms with Crippen LogP contribution in [0.15, 0.2) is 48.1 Å². The first-order chi connectivity index (χ1) is 8.06. The smallest absolute Gasteiger partial charge is 1.00 e. The zero-order chi connectivity index (χ0) is 12.3. The predicted octanol–water partition coefficient (Wildman–Crippen LogP) is -1.73. The van der Waals surface area contributed by atoms with Crippen LogP contribution in [0.25, 0.3) is 0 Å². The summed E-state index contributed by atoms with van der Waals surface area (Å²) in [6.07, 6.45) is 8.62. The minimum atomic E-state index is -1.57. The van der Waals surface area contributed by atoms with E-state index < -0.39 is 8.32 Å². The van der Waals surface area contributed by atoms with Crippen molar-refractivity contribution in [3.8, 4) is 0 Å². The van der Waals surface area contributed by atoms with E-state index in [-0.39, 0.29) is 52.6 Å². The first kappa shape index (κ1) is 22.5. The zero-order valence-corrected chi connectivity index (χ0v) is 16.1. The quantitative estimate of drug-likeness (QED) is 0.457. The fraction of sp³-hybridized carbons (Fsp3) is 0.333. The average molecular weight is 362 g/mol. The van der Waals surface area contributed by atoms with Gasteiger partial charge in [0.05, 0.1) is 6.10 Å². The Bertz CT molecular complexity index is 441. The second kappa shape index (κ2) is 9.99. The molecule has 1 atom stereocenters. The molecule has 1 unspecified atom stereocenters. The van der Waals surface area contributed by atoms with Gasteiger partial charge in [0.25, 0.3) is 0 Å². The number of benzene rings is 1. The van der Waals surface area contributed by atoms with Crippen molar-refractivity contribution >= 4 is 8.32 Å². The zero-order valence-electron chi connectivity index (χ0n) is 12.0. The molecular formula is C15H19Cl2OSiTi. The van der Waals surface area contributed by atoms with E-state index >= 15 is 0 Å². The normalized spacial score (nSPS) is 14.4. The number of rotatable bonds is 4. The fourth-order valence-corrected chi connectivity index (χ4v) is 2.86. The standard InChI is InChI=1S/C15H19OSi.2ClH.Ti/c1-17(2,3)16-15(14-11-7-8-12-14)13-9-5-4-6-10-13;;;/h4-7,9-11,15H,8H2,1-3H3;2*1H;/q-1;;;+3/p-2. The number of hydrogen-bond acceptors (Lipinski definition) is 1. The number of hydrogen-bond donors (Lipinski definition) is 0. The van der Waals surface area contributed by atoms with E-state index in [1.54, 1.807) is 0 Å². The van der Waals surface area contributed by atoms with Crippen LogP contribution in [0.5, 0.6) is 0 Å². The fourth-order valence-electron chi connectivity index (χ4n) is 1.89. The van der Waals surface area contributed by atoms with Crippen molar-refractivity contribution in [1.29, 1.82) is 0 Å². The number of halogens is 2. The van der Waals surface area contributed by atoms with Crippen LogP contribution < -0.4 is 24.8 Å². The minimum Gasteiger partial charge on any atom is -1.00 e. The maximum atomic E-state index is 6.30. The molecule has 0 N–H and O–H groups in total. The molecule has 1 aromatic carbocycles. The maximum Gasteiger partial charge on any atom is 3.00 e. The molecule has 0 saturated carbocycles. The molecular weight excluding hydrogens is 343 g/mol. The molecule has 0 saturated heterocycles. The van der Waals surface area contributed by atoms with Gasteiger partial charge in [0.1, 0.15) is 0 Å². The van der Waals surface area contributed by atoms with Crippen LogP contribution in [-0.2, 0) is 26.1 Å². The van der Waals surface area contributed by atoms with E-state index in [1.165, 1.54) is 11.1 Å². The average Bonchev–Trinajstić information content (AvgIpc) is 2.79. The first-order valence-electron chi connectivity index (χ1n) is 6.06. The molecule has 0 amide bonds. The van der Waals surface area contributed by atoms with Gasteiger partial charge >= 0.3 is 21.7 Å². The molecule has 1 aliphatic carbocycles. The summed E-state index contributed by atoms with van der Waals surface area (Å²) in [6, 6.07) is 10.4. The van der Waals surface area contributed by atoms with Gasteiger partial charge < -0.3 is 29.2 Å². The van der Waals surface area contributed by atoms with Gasteiger partial charge in [-0.1, -0.05) is 30.3 Å². The second-order valence-corrected chi connectivity index (χ2v) is 9.72. The molecule has 1 aromatic rings. The van der Waals surface area contributed by atoms with Gasteiger partial charge in [0.2, 0.25) is 0 Å². The second-order valence-electron chi connectivity index (χ2n) is 5.26. The largest absolute Gasteiger partial charge is 3.00 e. The van der Waals surface area contributed by atoms with Crippen molar-refractivity contribution in [2.75, 3.05) is 0 Å². The van der Waals surface area contributed by atoms with Gasteiger partial charge in [-0.15, -0.1) is 6.42 Å². The molecule has 1 nitrogen and oxygen atoms in total. The molecule has 0 bridgehead atoms. The summed E-state index contributed by atoms with van der Waals surface area (Å²) >= 11 is 0. The SMILES string of the molecule is C[Si](C)(C)OC(C1=[C-]CC=C1)c1ccccc1.[Cl-].[Cl-].[Ti+3]. The molecule has 20 heavy (non-hydrogen) atoms. The Hall–Kier alpha value is 0.171. The van der Waals surface area contributed by atoms with E-state index in [1.807, 2.05) is 6.07 Å². The number of allylic oxidation sites excluding steroid dienone is 2. The van der Waals surface area contributed by atoms with E-state index in [0.29, 0.717) is 0 Å². The van der Waals surface area contributed by atoms with Gasteiger partial charge in [0.15, 0.2) is 8.32 Å². The molecule has 1 radical (unpaired) electrons. The van der Waals surface area contributed by atoms with E-state index in [9.17, 15) is 0 Å². The van der Waals surface area contributed by atoms with Gasteiger partial charge in [-0.2, -0.15) is 11.6 Å². The van der Waals surface area contributed by atoms with E-state index in [4.69, 9.17) is 4.43 Å². The van der Waals surface area contributed by atoms with E-state index in [0.717, 1.165) is 6.42 Å². The Morgan fingerprint density at radius 2 is 1.70 bits per heavy atom. The van der Waals surface area contributed by atoms with Crippen LogP contribution in [-0.4, -0.2) is 8.32 Å². The van der Waals surface area contributed by atoms with Crippen LogP contribution >= 0.6 is 0 Å². The molecule has 0 spiro atoms. The van der Waals surface area contributed by atoms with Crippen molar-refractivity contribution in [3.63, 3.8) is 0 Å². The molecule has 107 valence electrons. The van der Waals surface area contributed by atoms with Crippen LogP contribution in [0.3, 0.4) is 0 Å². The van der Waals surface area contributed by atoms with Crippen LogP contribution in [0, 0.1) is 6.08 Å². The Morgan fingerprint density at radius 3 is 2.15 bits per heavy atom.